The van der Waals surface area contributed by atoms with Gasteiger partial charge in [0.2, 0.25) is 0 Å². The topological polar surface area (TPSA) is 83.5 Å². The van der Waals surface area contributed by atoms with Crippen molar-refractivity contribution in [3.8, 4) is 0 Å². The molecule has 0 radical (unpaired) electrons. The molecule has 0 bridgehead atoms. The van der Waals surface area contributed by atoms with E-state index in [2.05, 4.69) is 30.6 Å². The summed E-state index contributed by atoms with van der Waals surface area (Å²) in [6.07, 6.45) is 3.23. The predicted molar refractivity (Wildman–Crippen MR) is 89.0 cm³/mol. The fourth-order valence-electron chi connectivity index (χ4n) is 2.17. The van der Waals surface area contributed by atoms with E-state index in [-0.39, 0.29) is 6.04 Å². The summed E-state index contributed by atoms with van der Waals surface area (Å²) in [6, 6.07) is 4.01. The van der Waals surface area contributed by atoms with Crippen LogP contribution in [0.3, 0.4) is 0 Å². The molecular weight excluding hydrogens is 294 g/mol. The summed E-state index contributed by atoms with van der Waals surface area (Å²) < 4.78 is 7.24. The lowest BCUT2D eigenvalue weighted by molar-refractivity contribution is 0.258. The van der Waals surface area contributed by atoms with Gasteiger partial charge in [0.15, 0.2) is 5.96 Å². The summed E-state index contributed by atoms with van der Waals surface area (Å²) in [4.78, 5) is 10.8. The number of rotatable bonds is 7. The lowest BCUT2D eigenvalue weighted by Gasteiger charge is -2.23. The molecule has 0 aromatic carbocycles. The molecule has 2 N–H and O–H groups in total. The molecule has 0 spiro atoms. The molecule has 0 aliphatic carbocycles. The monoisotopic (exact) mass is 319 g/mol. The number of aliphatic imine (C=N–C) groups is 1. The van der Waals surface area contributed by atoms with Crippen molar-refractivity contribution in [3.63, 3.8) is 0 Å². The number of hydrogen-bond donors (Lipinski definition) is 2. The minimum Gasteiger partial charge on any atom is -0.468 e. The maximum Gasteiger partial charge on any atom is 0.191 e. The SMILES string of the molecule is CCNC(=NCc1ncnn1C)NCC(c1ccco1)N(C)C. The number of aromatic nitrogens is 3. The van der Waals surface area contributed by atoms with E-state index in [0.29, 0.717) is 13.1 Å². The lowest BCUT2D eigenvalue weighted by atomic mass is 10.2. The van der Waals surface area contributed by atoms with Crippen molar-refractivity contribution in [1.29, 1.82) is 0 Å². The first-order valence-corrected chi connectivity index (χ1v) is 7.66. The average Bonchev–Trinajstić information content (AvgIpc) is 3.16. The Morgan fingerprint density at radius 1 is 1.43 bits per heavy atom. The van der Waals surface area contributed by atoms with Gasteiger partial charge in [-0.05, 0) is 33.2 Å². The van der Waals surface area contributed by atoms with Crippen LogP contribution in [0.5, 0.6) is 0 Å². The van der Waals surface area contributed by atoms with Crippen LogP contribution in [0, 0.1) is 0 Å². The maximum atomic E-state index is 5.52. The molecule has 8 nitrogen and oxygen atoms in total. The molecule has 0 fully saturated rings. The highest BCUT2D eigenvalue weighted by Gasteiger charge is 2.17. The molecule has 126 valence electrons. The first-order chi connectivity index (χ1) is 11.1. The highest BCUT2D eigenvalue weighted by atomic mass is 16.3. The summed E-state index contributed by atoms with van der Waals surface area (Å²) in [7, 11) is 5.91. The molecule has 1 unspecified atom stereocenters. The first-order valence-electron chi connectivity index (χ1n) is 7.66. The zero-order valence-corrected chi connectivity index (χ0v) is 14.2. The van der Waals surface area contributed by atoms with Crippen molar-refractivity contribution in [1.82, 2.24) is 30.3 Å². The molecule has 0 amide bonds. The van der Waals surface area contributed by atoms with Gasteiger partial charge >= 0.3 is 0 Å². The Balaban J connectivity index is 1.99. The van der Waals surface area contributed by atoms with Crippen LogP contribution in [0.4, 0.5) is 0 Å². The minimum atomic E-state index is 0.128. The standard InChI is InChI=1S/C15H25N7O/c1-5-16-15(18-10-14-19-11-20-22(14)4)17-9-12(21(2)3)13-7-6-8-23-13/h6-8,11-12H,5,9-10H2,1-4H3,(H2,16,17,18). The van der Waals surface area contributed by atoms with E-state index in [4.69, 9.17) is 4.42 Å². The van der Waals surface area contributed by atoms with Crippen LogP contribution < -0.4 is 10.6 Å². The van der Waals surface area contributed by atoms with Gasteiger partial charge in [-0.15, -0.1) is 0 Å². The normalized spacial score (nSPS) is 13.3. The van der Waals surface area contributed by atoms with Gasteiger partial charge in [-0.3, -0.25) is 9.58 Å². The fourth-order valence-corrected chi connectivity index (χ4v) is 2.17. The maximum absolute atomic E-state index is 5.52. The molecule has 8 heteroatoms. The summed E-state index contributed by atoms with van der Waals surface area (Å²) in [5.41, 5.74) is 0. The zero-order chi connectivity index (χ0) is 16.7. The third kappa shape index (κ3) is 4.82. The molecule has 1 atom stereocenters. The molecule has 23 heavy (non-hydrogen) atoms. The van der Waals surface area contributed by atoms with E-state index in [1.165, 1.54) is 6.33 Å². The number of furan rings is 1. The van der Waals surface area contributed by atoms with E-state index in [1.54, 1.807) is 10.9 Å². The third-order valence-corrected chi connectivity index (χ3v) is 3.49. The second kappa shape index (κ2) is 8.33. The smallest absolute Gasteiger partial charge is 0.191 e. The Kier molecular flexibility index (Phi) is 6.16. The van der Waals surface area contributed by atoms with Crippen LogP contribution >= 0.6 is 0 Å². The van der Waals surface area contributed by atoms with Crippen LogP contribution in [-0.4, -0.2) is 52.8 Å². The quantitative estimate of drug-likeness (QED) is 0.579. The molecule has 0 aliphatic heterocycles. The Bertz CT molecular complexity index is 603. The Hall–Kier alpha value is -2.35. The van der Waals surface area contributed by atoms with Crippen molar-refractivity contribution in [2.45, 2.75) is 19.5 Å². The van der Waals surface area contributed by atoms with Gasteiger partial charge in [0, 0.05) is 20.1 Å². The predicted octanol–water partition coefficient (Wildman–Crippen LogP) is 0.766. The van der Waals surface area contributed by atoms with Crippen molar-refractivity contribution >= 4 is 5.96 Å². The van der Waals surface area contributed by atoms with E-state index >= 15 is 0 Å². The largest absolute Gasteiger partial charge is 0.468 e. The van der Waals surface area contributed by atoms with Crippen LogP contribution in [0.1, 0.15) is 24.6 Å². The van der Waals surface area contributed by atoms with Gasteiger partial charge in [0.1, 0.15) is 24.5 Å². The highest BCUT2D eigenvalue weighted by molar-refractivity contribution is 5.79. The van der Waals surface area contributed by atoms with E-state index in [1.807, 2.05) is 40.2 Å². The fraction of sp³-hybridized carbons (Fsp3) is 0.533. The molecule has 2 heterocycles. The summed E-state index contributed by atoms with van der Waals surface area (Å²) in [5, 5.41) is 10.6. The molecule has 2 aromatic heterocycles. The zero-order valence-electron chi connectivity index (χ0n) is 14.2. The van der Waals surface area contributed by atoms with E-state index in [0.717, 1.165) is 24.1 Å². The summed E-state index contributed by atoms with van der Waals surface area (Å²) in [6.45, 7) is 3.98. The second-order valence-corrected chi connectivity index (χ2v) is 5.37. The van der Waals surface area contributed by atoms with Crippen LogP contribution in [0.25, 0.3) is 0 Å². The van der Waals surface area contributed by atoms with Gasteiger partial charge in [-0.1, -0.05) is 0 Å². The van der Waals surface area contributed by atoms with Gasteiger partial charge in [-0.2, -0.15) is 5.10 Å². The Morgan fingerprint density at radius 2 is 2.26 bits per heavy atom. The molecule has 2 aromatic rings. The lowest BCUT2D eigenvalue weighted by Crippen LogP contribution is -2.41. The number of aryl methyl sites for hydroxylation is 1. The molecule has 0 saturated heterocycles. The van der Waals surface area contributed by atoms with Gasteiger partial charge in [0.05, 0.1) is 12.3 Å². The Morgan fingerprint density at radius 3 is 2.83 bits per heavy atom. The molecular formula is C15H25N7O. The Labute approximate surface area is 136 Å². The van der Waals surface area contributed by atoms with Crippen LogP contribution in [0.2, 0.25) is 0 Å². The van der Waals surface area contributed by atoms with Crippen molar-refractivity contribution in [3.05, 3.63) is 36.3 Å². The average molecular weight is 319 g/mol. The second-order valence-electron chi connectivity index (χ2n) is 5.37. The third-order valence-electron chi connectivity index (χ3n) is 3.49. The van der Waals surface area contributed by atoms with Crippen molar-refractivity contribution in [2.75, 3.05) is 27.2 Å². The van der Waals surface area contributed by atoms with Gasteiger partial charge in [-0.25, -0.2) is 9.98 Å². The number of hydrogen-bond acceptors (Lipinski definition) is 5. The summed E-state index contributed by atoms with van der Waals surface area (Å²) >= 11 is 0. The van der Waals surface area contributed by atoms with Gasteiger partial charge in [0.25, 0.3) is 0 Å². The molecule has 0 aliphatic rings. The minimum absolute atomic E-state index is 0.128. The number of guanidine groups is 1. The molecule has 0 saturated carbocycles. The van der Waals surface area contributed by atoms with E-state index < -0.39 is 0 Å². The number of nitrogens with one attached hydrogen (secondary N) is 2. The summed E-state index contributed by atoms with van der Waals surface area (Å²) in [5.74, 6) is 2.48. The van der Waals surface area contributed by atoms with Crippen molar-refractivity contribution in [2.24, 2.45) is 12.0 Å². The first kappa shape index (κ1) is 17.0. The van der Waals surface area contributed by atoms with Crippen molar-refractivity contribution < 1.29 is 4.42 Å². The van der Waals surface area contributed by atoms with Gasteiger partial charge < -0.3 is 15.1 Å². The van der Waals surface area contributed by atoms with Crippen LogP contribution in [0.15, 0.2) is 34.1 Å². The number of likely N-dealkylation sites (N-methyl/N-ethyl adjacent to an activating group) is 1. The number of nitrogens with zero attached hydrogens (tertiary/aromatic N) is 5. The molecule has 2 rings (SSSR count). The highest BCUT2D eigenvalue weighted by Crippen LogP contribution is 2.17. The van der Waals surface area contributed by atoms with E-state index in [9.17, 15) is 0 Å². The van der Waals surface area contributed by atoms with Crippen LogP contribution in [-0.2, 0) is 13.6 Å².